The molecular formula is C11H19NO3. The third-order valence-corrected chi connectivity index (χ3v) is 3.33. The summed E-state index contributed by atoms with van der Waals surface area (Å²) < 4.78 is 4.84. The maximum atomic E-state index is 11.7. The van der Waals surface area contributed by atoms with Crippen molar-refractivity contribution in [3.63, 3.8) is 0 Å². The summed E-state index contributed by atoms with van der Waals surface area (Å²) in [6.45, 7) is 1.53. The fourth-order valence-corrected chi connectivity index (χ4v) is 2.41. The highest BCUT2D eigenvalue weighted by molar-refractivity contribution is 5.76. The molecule has 2 atom stereocenters. The molecule has 1 saturated heterocycles. The lowest BCUT2D eigenvalue weighted by Crippen LogP contribution is -2.49. The number of esters is 1. The van der Waals surface area contributed by atoms with Gasteiger partial charge in [0.25, 0.3) is 0 Å². The Morgan fingerprint density at radius 3 is 2.73 bits per heavy atom. The van der Waals surface area contributed by atoms with Crippen LogP contribution in [-0.2, 0) is 9.53 Å². The first-order valence-corrected chi connectivity index (χ1v) is 5.72. The number of carbonyl (C=O) groups is 1. The molecular weight excluding hydrogens is 194 g/mol. The van der Waals surface area contributed by atoms with E-state index >= 15 is 0 Å². The predicted molar refractivity (Wildman–Crippen MR) is 55.3 cm³/mol. The van der Waals surface area contributed by atoms with Crippen LogP contribution in [0.4, 0.5) is 0 Å². The Hall–Kier alpha value is -0.610. The number of nitrogens with zero attached hydrogens (tertiary/aromatic N) is 1. The first-order valence-electron chi connectivity index (χ1n) is 5.72. The van der Waals surface area contributed by atoms with Gasteiger partial charge in [0.15, 0.2) is 0 Å². The molecule has 0 radical (unpaired) electrons. The topological polar surface area (TPSA) is 49.8 Å². The maximum Gasteiger partial charge on any atom is 0.323 e. The zero-order valence-corrected chi connectivity index (χ0v) is 9.19. The summed E-state index contributed by atoms with van der Waals surface area (Å²) in [5, 5.41) is 9.59. The zero-order chi connectivity index (χ0) is 10.8. The second kappa shape index (κ2) is 4.49. The molecule has 86 valence electrons. The standard InChI is InChI=1S/C11H19NO3/c1-15-11(14)10(8-4-5-8)12-6-2-3-9(13)7-12/h8-10,13H,2-7H2,1H3. The summed E-state index contributed by atoms with van der Waals surface area (Å²) in [4.78, 5) is 13.7. The van der Waals surface area contributed by atoms with E-state index in [1.807, 2.05) is 0 Å². The van der Waals surface area contributed by atoms with Gasteiger partial charge in [-0.25, -0.2) is 0 Å². The Kier molecular flexibility index (Phi) is 3.26. The molecule has 0 aromatic rings. The SMILES string of the molecule is COC(=O)C(C1CC1)N1CCCC(O)C1. The summed E-state index contributed by atoms with van der Waals surface area (Å²) >= 11 is 0. The van der Waals surface area contributed by atoms with E-state index in [1.165, 1.54) is 7.11 Å². The van der Waals surface area contributed by atoms with E-state index in [9.17, 15) is 9.90 Å². The van der Waals surface area contributed by atoms with Crippen LogP contribution >= 0.6 is 0 Å². The largest absolute Gasteiger partial charge is 0.468 e. The average Bonchev–Trinajstić information content (AvgIpc) is 3.02. The molecule has 1 saturated carbocycles. The van der Waals surface area contributed by atoms with Crippen molar-refractivity contribution in [2.24, 2.45) is 5.92 Å². The van der Waals surface area contributed by atoms with Gasteiger partial charge in [0, 0.05) is 6.54 Å². The lowest BCUT2D eigenvalue weighted by atomic mass is 10.0. The molecule has 2 unspecified atom stereocenters. The van der Waals surface area contributed by atoms with Gasteiger partial charge in [0.05, 0.1) is 13.2 Å². The van der Waals surface area contributed by atoms with E-state index in [0.29, 0.717) is 12.5 Å². The zero-order valence-electron chi connectivity index (χ0n) is 9.19. The summed E-state index contributed by atoms with van der Waals surface area (Å²) in [5.41, 5.74) is 0. The molecule has 2 rings (SSSR count). The van der Waals surface area contributed by atoms with Gasteiger partial charge in [0.2, 0.25) is 0 Å². The Balaban J connectivity index is 1.99. The van der Waals surface area contributed by atoms with Crippen molar-refractivity contribution in [1.82, 2.24) is 4.90 Å². The van der Waals surface area contributed by atoms with E-state index < -0.39 is 0 Å². The van der Waals surface area contributed by atoms with Crippen molar-refractivity contribution in [2.45, 2.75) is 37.8 Å². The fraction of sp³-hybridized carbons (Fsp3) is 0.909. The number of piperidine rings is 1. The van der Waals surface area contributed by atoms with Crippen LogP contribution in [0.1, 0.15) is 25.7 Å². The van der Waals surface area contributed by atoms with Gasteiger partial charge in [-0.3, -0.25) is 9.69 Å². The van der Waals surface area contributed by atoms with Gasteiger partial charge in [-0.2, -0.15) is 0 Å². The monoisotopic (exact) mass is 213 g/mol. The van der Waals surface area contributed by atoms with Crippen molar-refractivity contribution in [3.05, 3.63) is 0 Å². The molecule has 0 spiro atoms. The lowest BCUT2D eigenvalue weighted by molar-refractivity contribution is -0.149. The van der Waals surface area contributed by atoms with Gasteiger partial charge in [-0.05, 0) is 38.1 Å². The molecule has 2 fully saturated rings. The van der Waals surface area contributed by atoms with Gasteiger partial charge < -0.3 is 9.84 Å². The molecule has 0 amide bonds. The number of ether oxygens (including phenoxy) is 1. The first-order chi connectivity index (χ1) is 7.22. The predicted octanol–water partition coefficient (Wildman–Crippen LogP) is 0.395. The van der Waals surface area contributed by atoms with Gasteiger partial charge >= 0.3 is 5.97 Å². The molecule has 4 nitrogen and oxygen atoms in total. The quantitative estimate of drug-likeness (QED) is 0.689. The van der Waals surface area contributed by atoms with Crippen molar-refractivity contribution >= 4 is 5.97 Å². The van der Waals surface area contributed by atoms with Crippen molar-refractivity contribution in [1.29, 1.82) is 0 Å². The molecule has 1 aliphatic heterocycles. The maximum absolute atomic E-state index is 11.7. The minimum absolute atomic E-state index is 0.107. The van der Waals surface area contributed by atoms with E-state index in [2.05, 4.69) is 4.90 Å². The Morgan fingerprint density at radius 1 is 1.47 bits per heavy atom. The summed E-state index contributed by atoms with van der Waals surface area (Å²) in [7, 11) is 1.44. The van der Waals surface area contributed by atoms with Gasteiger partial charge in [0.1, 0.15) is 6.04 Å². The van der Waals surface area contributed by atoms with Crippen LogP contribution in [0.15, 0.2) is 0 Å². The molecule has 1 aliphatic carbocycles. The molecule has 0 aromatic heterocycles. The van der Waals surface area contributed by atoms with Crippen molar-refractivity contribution < 1.29 is 14.6 Å². The minimum Gasteiger partial charge on any atom is -0.468 e. The van der Waals surface area contributed by atoms with Gasteiger partial charge in [-0.15, -0.1) is 0 Å². The number of hydrogen-bond acceptors (Lipinski definition) is 4. The average molecular weight is 213 g/mol. The summed E-state index contributed by atoms with van der Waals surface area (Å²) in [6.07, 6.45) is 3.79. The number of methoxy groups -OCH3 is 1. The second-order valence-electron chi connectivity index (χ2n) is 4.60. The van der Waals surface area contributed by atoms with E-state index in [0.717, 1.165) is 32.2 Å². The van der Waals surface area contributed by atoms with Crippen LogP contribution in [0.25, 0.3) is 0 Å². The van der Waals surface area contributed by atoms with Crippen LogP contribution in [0, 0.1) is 5.92 Å². The number of carbonyl (C=O) groups excluding carboxylic acids is 1. The van der Waals surface area contributed by atoms with Crippen LogP contribution in [-0.4, -0.2) is 48.3 Å². The summed E-state index contributed by atoms with van der Waals surface area (Å²) in [5.74, 6) is 0.328. The first kappa shape index (κ1) is 10.9. The van der Waals surface area contributed by atoms with Crippen LogP contribution in [0.5, 0.6) is 0 Å². The number of hydrogen-bond donors (Lipinski definition) is 1. The number of rotatable bonds is 3. The van der Waals surface area contributed by atoms with Crippen molar-refractivity contribution in [2.75, 3.05) is 20.2 Å². The Labute approximate surface area is 90.2 Å². The number of aliphatic hydroxyl groups excluding tert-OH is 1. The van der Waals surface area contributed by atoms with Crippen LogP contribution in [0.3, 0.4) is 0 Å². The van der Waals surface area contributed by atoms with Gasteiger partial charge in [-0.1, -0.05) is 0 Å². The fourth-order valence-electron chi connectivity index (χ4n) is 2.41. The molecule has 0 bridgehead atoms. The lowest BCUT2D eigenvalue weighted by Gasteiger charge is -2.35. The van der Waals surface area contributed by atoms with Crippen LogP contribution in [0.2, 0.25) is 0 Å². The van der Waals surface area contributed by atoms with E-state index in [1.54, 1.807) is 0 Å². The smallest absolute Gasteiger partial charge is 0.323 e. The molecule has 2 aliphatic rings. The van der Waals surface area contributed by atoms with E-state index in [4.69, 9.17) is 4.74 Å². The summed E-state index contributed by atoms with van der Waals surface area (Å²) in [6, 6.07) is -0.107. The third kappa shape index (κ3) is 2.49. The van der Waals surface area contributed by atoms with E-state index in [-0.39, 0.29) is 18.1 Å². The number of likely N-dealkylation sites (tertiary alicyclic amines) is 1. The Morgan fingerprint density at radius 2 is 2.20 bits per heavy atom. The third-order valence-electron chi connectivity index (χ3n) is 3.33. The Bertz CT molecular complexity index is 240. The second-order valence-corrected chi connectivity index (χ2v) is 4.60. The molecule has 15 heavy (non-hydrogen) atoms. The molecule has 1 N–H and O–H groups in total. The van der Waals surface area contributed by atoms with Crippen molar-refractivity contribution in [3.8, 4) is 0 Å². The number of β-amino-alcohol motifs (C(OH)–C–C–N with tert-alkyl or cyclic N) is 1. The molecule has 4 heteroatoms. The molecule has 0 aromatic carbocycles. The highest BCUT2D eigenvalue weighted by Gasteiger charge is 2.42. The normalized spacial score (nSPS) is 29.9. The van der Waals surface area contributed by atoms with Crippen LogP contribution < -0.4 is 0 Å². The highest BCUT2D eigenvalue weighted by atomic mass is 16.5. The molecule has 1 heterocycles. The number of aliphatic hydroxyl groups is 1. The minimum atomic E-state index is -0.273. The highest BCUT2D eigenvalue weighted by Crippen LogP contribution is 2.36.